The van der Waals surface area contributed by atoms with Crippen molar-refractivity contribution in [3.63, 3.8) is 0 Å². The van der Waals surface area contributed by atoms with Gasteiger partial charge in [0.2, 0.25) is 0 Å². The van der Waals surface area contributed by atoms with E-state index in [4.69, 9.17) is 13.7 Å². The van der Waals surface area contributed by atoms with E-state index in [-0.39, 0.29) is 16.7 Å². The molecule has 3 heteroatoms. The molecule has 0 saturated heterocycles. The van der Waals surface area contributed by atoms with E-state index in [0.717, 1.165) is 6.20 Å². The number of aromatic amines is 1. The van der Waals surface area contributed by atoms with Crippen LogP contribution in [0, 0.1) is 0 Å². The van der Waals surface area contributed by atoms with Gasteiger partial charge in [0.1, 0.15) is 5.75 Å². The number of aromatic hydroxyl groups is 1. The molecule has 80 valence electrons. The first-order valence-electron chi connectivity index (χ1n) is 9.22. The molecule has 0 spiro atoms. The summed E-state index contributed by atoms with van der Waals surface area (Å²) >= 11 is 0. The SMILES string of the molecule is [2H]C([2H])([2H])N(C([2H])([2H])[2H])C([2H])([2H])C([2H])([2H])c1c[nH]c2cccc(O)c12. The van der Waals surface area contributed by atoms with Gasteiger partial charge in [0, 0.05) is 37.3 Å². The molecular weight excluding hydrogens is 188 g/mol. The number of phenols is 1. The van der Waals surface area contributed by atoms with E-state index < -0.39 is 31.7 Å². The molecule has 0 bridgehead atoms. The molecule has 0 unspecified atom stereocenters. The van der Waals surface area contributed by atoms with Gasteiger partial charge >= 0.3 is 0 Å². The molecule has 2 rings (SSSR count). The number of fused-ring (bicyclic) bond motifs is 1. The molecule has 0 fully saturated rings. The van der Waals surface area contributed by atoms with Gasteiger partial charge in [-0.2, -0.15) is 0 Å². The average Bonchev–Trinajstić information content (AvgIpc) is 2.79. The Morgan fingerprint density at radius 1 is 1.53 bits per heavy atom. The molecule has 1 aromatic heterocycles. The second-order valence-electron chi connectivity index (χ2n) is 2.97. The second-order valence-corrected chi connectivity index (χ2v) is 2.97. The first kappa shape index (κ1) is 3.52. The van der Waals surface area contributed by atoms with Crippen LogP contribution in [0.15, 0.2) is 24.4 Å². The number of H-pyrrole nitrogens is 1. The number of aromatic nitrogens is 1. The number of rotatable bonds is 3. The monoisotopic (exact) mass is 214 g/mol. The molecule has 1 aromatic carbocycles. The van der Waals surface area contributed by atoms with Crippen LogP contribution in [0.1, 0.15) is 19.3 Å². The number of benzene rings is 1. The van der Waals surface area contributed by atoms with Crippen LogP contribution in [0.3, 0.4) is 0 Å². The van der Waals surface area contributed by atoms with Crippen molar-refractivity contribution in [2.24, 2.45) is 0 Å². The van der Waals surface area contributed by atoms with Crippen molar-refractivity contribution in [3.05, 3.63) is 30.0 Å². The largest absolute Gasteiger partial charge is 0.507 e. The second kappa shape index (κ2) is 3.95. The van der Waals surface area contributed by atoms with E-state index in [1.165, 1.54) is 18.2 Å². The van der Waals surface area contributed by atoms with Crippen LogP contribution in [-0.2, 0) is 6.37 Å². The zero-order chi connectivity index (χ0) is 19.4. The molecule has 0 amide bonds. The van der Waals surface area contributed by atoms with E-state index >= 15 is 0 Å². The van der Waals surface area contributed by atoms with Gasteiger partial charge in [0.15, 0.2) is 0 Å². The van der Waals surface area contributed by atoms with Gasteiger partial charge in [-0.25, -0.2) is 0 Å². The normalized spacial score (nSPS) is 24.9. The van der Waals surface area contributed by atoms with Gasteiger partial charge in [-0.05, 0) is 38.0 Å². The van der Waals surface area contributed by atoms with Gasteiger partial charge < -0.3 is 15.0 Å². The molecule has 0 saturated carbocycles. The Hall–Kier alpha value is -1.48. The summed E-state index contributed by atoms with van der Waals surface area (Å²) in [7, 11) is 0. The first-order valence-corrected chi connectivity index (χ1v) is 4.22. The number of likely N-dealkylation sites (N-methyl/N-ethyl adjacent to an activating group) is 1. The highest BCUT2D eigenvalue weighted by Gasteiger charge is 2.07. The Balaban J connectivity index is 2.70. The molecule has 0 radical (unpaired) electrons. The predicted molar refractivity (Wildman–Crippen MR) is 62.2 cm³/mol. The van der Waals surface area contributed by atoms with Gasteiger partial charge in [-0.1, -0.05) is 6.07 Å². The molecule has 0 aliphatic rings. The minimum Gasteiger partial charge on any atom is -0.507 e. The summed E-state index contributed by atoms with van der Waals surface area (Å²) in [6, 6.07) is 4.26. The van der Waals surface area contributed by atoms with Crippen molar-refractivity contribution in [2.45, 2.75) is 6.37 Å². The van der Waals surface area contributed by atoms with Crippen LogP contribution in [0.5, 0.6) is 5.75 Å². The lowest BCUT2D eigenvalue weighted by molar-refractivity contribution is 0.414. The number of phenolic OH excluding ortho intramolecular Hbond substituents is 1. The van der Waals surface area contributed by atoms with E-state index in [9.17, 15) is 5.11 Å². The third-order valence-corrected chi connectivity index (χ3v) is 1.99. The van der Waals surface area contributed by atoms with E-state index in [0.29, 0.717) is 5.52 Å². The fraction of sp³-hybridized carbons (Fsp3) is 0.333. The molecule has 2 N–H and O–H groups in total. The topological polar surface area (TPSA) is 39.3 Å². The summed E-state index contributed by atoms with van der Waals surface area (Å²) < 4.78 is 76.5. The molecule has 15 heavy (non-hydrogen) atoms. The van der Waals surface area contributed by atoms with Crippen molar-refractivity contribution in [1.29, 1.82) is 0 Å². The van der Waals surface area contributed by atoms with Gasteiger partial charge in [-0.3, -0.25) is 0 Å². The molecule has 1 heterocycles. The maximum absolute atomic E-state index is 9.98. The summed E-state index contributed by atoms with van der Waals surface area (Å²) in [5.74, 6) is -0.345. The van der Waals surface area contributed by atoms with Crippen LogP contribution in [0.25, 0.3) is 10.9 Å². The predicted octanol–water partition coefficient (Wildman–Crippen LogP) is 1.98. The minimum absolute atomic E-state index is 0.0487. The van der Waals surface area contributed by atoms with Crippen molar-refractivity contribution in [1.82, 2.24) is 9.88 Å². The fourth-order valence-electron chi connectivity index (χ4n) is 1.38. The summed E-state index contributed by atoms with van der Waals surface area (Å²) in [5.41, 5.74) is -0.0897. The Morgan fingerprint density at radius 2 is 2.40 bits per heavy atom. The van der Waals surface area contributed by atoms with Crippen LogP contribution in [0.2, 0.25) is 0 Å². The maximum Gasteiger partial charge on any atom is 0.125 e. The third-order valence-electron chi connectivity index (χ3n) is 1.99. The first-order chi connectivity index (χ1) is 11.1. The Kier molecular flexibility index (Phi) is 0.927. The quantitative estimate of drug-likeness (QED) is 0.820. The number of hydrogen-bond donors (Lipinski definition) is 2. The Labute approximate surface area is 103 Å². The van der Waals surface area contributed by atoms with Crippen LogP contribution in [0.4, 0.5) is 0 Å². The van der Waals surface area contributed by atoms with Crippen LogP contribution in [-0.4, -0.2) is 35.4 Å². The van der Waals surface area contributed by atoms with Crippen molar-refractivity contribution >= 4 is 10.9 Å². The summed E-state index contributed by atoms with van der Waals surface area (Å²) in [6.07, 6.45) is -1.99. The maximum atomic E-state index is 9.98. The number of hydrogen-bond acceptors (Lipinski definition) is 2. The number of nitrogens with one attached hydrogen (secondary N) is 1. The zero-order valence-corrected chi connectivity index (χ0v) is 7.70. The third kappa shape index (κ3) is 1.97. The molecule has 0 aliphatic heterocycles. The minimum atomic E-state index is -3.44. The summed E-state index contributed by atoms with van der Waals surface area (Å²) in [5, 5.41) is 9.93. The molecule has 3 nitrogen and oxygen atoms in total. The van der Waals surface area contributed by atoms with Crippen LogP contribution < -0.4 is 0 Å². The highest BCUT2D eigenvalue weighted by molar-refractivity contribution is 5.88. The average molecular weight is 214 g/mol. The van der Waals surface area contributed by atoms with Crippen molar-refractivity contribution in [2.75, 3.05) is 20.4 Å². The summed E-state index contributed by atoms with van der Waals surface area (Å²) in [6.45, 7) is -10.3. The number of nitrogens with zero attached hydrogens (tertiary/aromatic N) is 1. The lowest BCUT2D eigenvalue weighted by Crippen LogP contribution is -2.14. The fourth-order valence-corrected chi connectivity index (χ4v) is 1.38. The van der Waals surface area contributed by atoms with Gasteiger partial charge in [-0.15, -0.1) is 0 Å². The van der Waals surface area contributed by atoms with E-state index in [2.05, 4.69) is 4.98 Å². The van der Waals surface area contributed by atoms with Gasteiger partial charge in [0.25, 0.3) is 0 Å². The lowest BCUT2D eigenvalue weighted by atomic mass is 10.1. The van der Waals surface area contributed by atoms with E-state index in [1.54, 1.807) is 0 Å². The van der Waals surface area contributed by atoms with Crippen molar-refractivity contribution in [3.8, 4) is 5.75 Å². The number of aryl methyl sites for hydroxylation is 1. The lowest BCUT2D eigenvalue weighted by Gasteiger charge is -2.08. The molecule has 0 aliphatic carbocycles. The van der Waals surface area contributed by atoms with Gasteiger partial charge in [0.05, 0.1) is 0 Å². The van der Waals surface area contributed by atoms with Crippen LogP contribution >= 0.6 is 0 Å². The molecule has 2 aromatic rings. The zero-order valence-electron chi connectivity index (χ0n) is 17.7. The molecular formula is C12H16N2O. The summed E-state index contributed by atoms with van der Waals surface area (Å²) in [4.78, 5) is 2.22. The highest BCUT2D eigenvalue weighted by Crippen LogP contribution is 2.27. The molecule has 0 atom stereocenters. The Bertz CT molecular complexity index is 762. The smallest absolute Gasteiger partial charge is 0.125 e. The van der Waals surface area contributed by atoms with E-state index in [1.807, 2.05) is 0 Å². The Morgan fingerprint density at radius 3 is 3.20 bits per heavy atom. The standard InChI is InChI=1S/C12H16N2O/c1-14(2)7-6-9-8-13-10-4-3-5-11(15)12(9)10/h3-5,8,13,15H,6-7H2,1-2H3/i1D3,2D3,6D2,7D2. The highest BCUT2D eigenvalue weighted by atomic mass is 16.3. The van der Waals surface area contributed by atoms with Crippen molar-refractivity contribution < 1.29 is 18.8 Å².